The molecule has 2 fully saturated rings. The van der Waals surface area contributed by atoms with E-state index in [1.54, 1.807) is 6.08 Å². The predicted octanol–water partition coefficient (Wildman–Crippen LogP) is 4.31. The maximum Gasteiger partial charge on any atom is 0.0801 e. The third-order valence-electron chi connectivity index (χ3n) is 6.82. The van der Waals surface area contributed by atoms with Crippen LogP contribution in [0.2, 0.25) is 0 Å². The van der Waals surface area contributed by atoms with Gasteiger partial charge in [0.1, 0.15) is 0 Å². The van der Waals surface area contributed by atoms with Crippen molar-refractivity contribution in [1.29, 1.82) is 0 Å². The van der Waals surface area contributed by atoms with Crippen LogP contribution in [0.1, 0.15) is 73.1 Å². The molecule has 2 rings (SSSR count). The van der Waals surface area contributed by atoms with Crippen molar-refractivity contribution < 1.29 is 10.2 Å². The lowest BCUT2D eigenvalue weighted by molar-refractivity contribution is -0.180. The zero-order valence-corrected chi connectivity index (χ0v) is 14.6. The summed E-state index contributed by atoms with van der Waals surface area (Å²) in [5.41, 5.74) is -1.15. The van der Waals surface area contributed by atoms with Gasteiger partial charge in [0.25, 0.3) is 0 Å². The van der Waals surface area contributed by atoms with Crippen LogP contribution in [-0.4, -0.2) is 21.4 Å². The Kier molecular flexibility index (Phi) is 4.13. The monoisotopic (exact) mass is 294 g/mol. The molecule has 0 aromatic heterocycles. The molecule has 2 N–H and O–H groups in total. The van der Waals surface area contributed by atoms with E-state index in [1.807, 2.05) is 13.8 Å². The number of hydrogen-bond donors (Lipinski definition) is 2. The molecule has 2 aliphatic rings. The van der Waals surface area contributed by atoms with Gasteiger partial charge in [0.2, 0.25) is 0 Å². The second kappa shape index (κ2) is 5.09. The molecule has 122 valence electrons. The van der Waals surface area contributed by atoms with E-state index < -0.39 is 11.2 Å². The van der Waals surface area contributed by atoms with E-state index in [2.05, 4.69) is 27.4 Å². The minimum Gasteiger partial charge on any atom is -0.390 e. The van der Waals surface area contributed by atoms with E-state index in [-0.39, 0.29) is 11.3 Å². The van der Waals surface area contributed by atoms with Gasteiger partial charge >= 0.3 is 0 Å². The lowest BCUT2D eigenvalue weighted by Gasteiger charge is -2.62. The van der Waals surface area contributed by atoms with Gasteiger partial charge in [-0.15, -0.1) is 6.58 Å². The highest BCUT2D eigenvalue weighted by molar-refractivity contribution is 5.10. The molecular formula is C19H34O2. The largest absolute Gasteiger partial charge is 0.390 e. The molecule has 0 aliphatic heterocycles. The summed E-state index contributed by atoms with van der Waals surface area (Å²) in [6.07, 6.45) is 7.84. The molecular weight excluding hydrogens is 260 g/mol. The summed E-state index contributed by atoms with van der Waals surface area (Å²) in [7, 11) is 0. The Bertz CT molecular complexity index is 408. The van der Waals surface area contributed by atoms with Crippen molar-refractivity contribution in [3.05, 3.63) is 12.7 Å². The molecule has 5 atom stereocenters. The molecule has 2 aliphatic carbocycles. The fourth-order valence-electron chi connectivity index (χ4n) is 5.57. The highest BCUT2D eigenvalue weighted by Crippen LogP contribution is 2.63. The van der Waals surface area contributed by atoms with Gasteiger partial charge in [0.15, 0.2) is 0 Å². The first-order valence-electron chi connectivity index (χ1n) is 8.53. The molecule has 0 bridgehead atoms. The molecule has 0 spiro atoms. The van der Waals surface area contributed by atoms with Crippen molar-refractivity contribution in [3.63, 3.8) is 0 Å². The van der Waals surface area contributed by atoms with Crippen LogP contribution < -0.4 is 0 Å². The molecule has 0 amide bonds. The second-order valence-corrected chi connectivity index (χ2v) is 9.11. The van der Waals surface area contributed by atoms with Crippen molar-refractivity contribution in [2.24, 2.45) is 22.7 Å². The van der Waals surface area contributed by atoms with Gasteiger partial charge in [0, 0.05) is 0 Å². The van der Waals surface area contributed by atoms with Crippen molar-refractivity contribution in [1.82, 2.24) is 0 Å². The Labute approximate surface area is 130 Å². The van der Waals surface area contributed by atoms with Crippen LogP contribution in [0, 0.1) is 22.7 Å². The summed E-state index contributed by atoms with van der Waals surface area (Å²) < 4.78 is 0. The molecule has 0 radical (unpaired) electrons. The lowest BCUT2D eigenvalue weighted by atomic mass is 9.44. The van der Waals surface area contributed by atoms with Gasteiger partial charge in [-0.05, 0) is 68.6 Å². The maximum atomic E-state index is 11.0. The summed E-state index contributed by atoms with van der Waals surface area (Å²) in [6, 6.07) is 0. The standard InChI is InChI=1S/C19H34O2/c1-7-17(4,20)13-15-18(5)11-8-10-16(2,3)14(18)9-12-19(15,6)21/h7,14-15,20-21H,1,8-13H2,2-6H3/t14-,15+,17+,18+,19-/m1/s1. The Morgan fingerprint density at radius 3 is 2.38 bits per heavy atom. The van der Waals surface area contributed by atoms with E-state index in [0.29, 0.717) is 17.8 Å². The zero-order valence-electron chi connectivity index (χ0n) is 14.6. The van der Waals surface area contributed by atoms with Gasteiger partial charge < -0.3 is 10.2 Å². The van der Waals surface area contributed by atoms with Crippen LogP contribution in [0.5, 0.6) is 0 Å². The van der Waals surface area contributed by atoms with Crippen molar-refractivity contribution in [2.45, 2.75) is 84.3 Å². The summed E-state index contributed by atoms with van der Waals surface area (Å²) in [5, 5.41) is 21.5. The lowest BCUT2D eigenvalue weighted by Crippen LogP contribution is -2.58. The third-order valence-corrected chi connectivity index (χ3v) is 6.82. The molecule has 2 nitrogen and oxygen atoms in total. The smallest absolute Gasteiger partial charge is 0.0801 e. The van der Waals surface area contributed by atoms with E-state index in [4.69, 9.17) is 0 Å². The Hall–Kier alpha value is -0.340. The van der Waals surface area contributed by atoms with Crippen LogP contribution in [-0.2, 0) is 0 Å². The molecule has 21 heavy (non-hydrogen) atoms. The number of aliphatic hydroxyl groups is 2. The minimum atomic E-state index is -0.902. The van der Waals surface area contributed by atoms with Crippen molar-refractivity contribution in [2.75, 3.05) is 0 Å². The topological polar surface area (TPSA) is 40.5 Å². The number of hydrogen-bond acceptors (Lipinski definition) is 2. The normalized spacial score (nSPS) is 45.5. The fourth-order valence-corrected chi connectivity index (χ4v) is 5.57. The van der Waals surface area contributed by atoms with Crippen molar-refractivity contribution in [3.8, 4) is 0 Å². The molecule has 0 saturated heterocycles. The summed E-state index contributed by atoms with van der Waals surface area (Å²) >= 11 is 0. The zero-order chi connectivity index (χ0) is 16.1. The Morgan fingerprint density at radius 2 is 1.81 bits per heavy atom. The molecule has 0 aromatic rings. The minimum absolute atomic E-state index is 0.108. The van der Waals surface area contributed by atoms with Gasteiger partial charge in [-0.1, -0.05) is 33.3 Å². The molecule has 0 aromatic carbocycles. The van der Waals surface area contributed by atoms with Gasteiger partial charge in [-0.3, -0.25) is 0 Å². The highest BCUT2D eigenvalue weighted by Gasteiger charge is 2.58. The molecule has 2 saturated carbocycles. The van der Waals surface area contributed by atoms with E-state index in [0.717, 1.165) is 19.3 Å². The molecule has 0 heterocycles. The van der Waals surface area contributed by atoms with Crippen LogP contribution in [0.15, 0.2) is 12.7 Å². The van der Waals surface area contributed by atoms with Gasteiger partial charge in [0.05, 0.1) is 11.2 Å². The van der Waals surface area contributed by atoms with Crippen LogP contribution >= 0.6 is 0 Å². The SMILES string of the molecule is C=C[C@](C)(O)C[C@H]1[C@@]2(C)CCCC(C)(C)[C@H]2CC[C@@]1(C)O. The number of rotatable bonds is 3. The molecule has 2 heteroatoms. The van der Waals surface area contributed by atoms with Crippen LogP contribution in [0.3, 0.4) is 0 Å². The second-order valence-electron chi connectivity index (χ2n) is 9.11. The summed E-state index contributed by atoms with van der Waals surface area (Å²) in [4.78, 5) is 0. The summed E-state index contributed by atoms with van der Waals surface area (Å²) in [5.74, 6) is 0.751. The van der Waals surface area contributed by atoms with Gasteiger partial charge in [-0.2, -0.15) is 0 Å². The highest BCUT2D eigenvalue weighted by atomic mass is 16.3. The quantitative estimate of drug-likeness (QED) is 0.762. The molecule has 0 unspecified atom stereocenters. The third kappa shape index (κ3) is 2.94. The van der Waals surface area contributed by atoms with E-state index in [1.165, 1.54) is 12.8 Å². The predicted molar refractivity (Wildman–Crippen MR) is 88.0 cm³/mol. The van der Waals surface area contributed by atoms with Gasteiger partial charge in [-0.25, -0.2) is 0 Å². The summed E-state index contributed by atoms with van der Waals surface area (Å²) in [6.45, 7) is 14.7. The average molecular weight is 294 g/mol. The van der Waals surface area contributed by atoms with Crippen molar-refractivity contribution >= 4 is 0 Å². The van der Waals surface area contributed by atoms with Crippen LogP contribution in [0.4, 0.5) is 0 Å². The van der Waals surface area contributed by atoms with E-state index in [9.17, 15) is 10.2 Å². The van der Waals surface area contributed by atoms with Crippen LogP contribution in [0.25, 0.3) is 0 Å². The average Bonchev–Trinajstić information content (AvgIpc) is 2.33. The Balaban J connectivity index is 2.39. The van der Waals surface area contributed by atoms with E-state index >= 15 is 0 Å². The number of fused-ring (bicyclic) bond motifs is 1. The fraction of sp³-hybridized carbons (Fsp3) is 0.895. The maximum absolute atomic E-state index is 11.0. The Morgan fingerprint density at radius 1 is 1.19 bits per heavy atom. The first kappa shape index (κ1) is 17.0. The first-order valence-corrected chi connectivity index (χ1v) is 8.53. The first-order chi connectivity index (χ1) is 9.45.